The molecule has 6 nitrogen and oxygen atoms in total. The van der Waals surface area contributed by atoms with Crippen LogP contribution in [0.5, 0.6) is 0 Å². The summed E-state index contributed by atoms with van der Waals surface area (Å²) in [5.74, 6) is 0.0319. The minimum absolute atomic E-state index is 0.0319. The van der Waals surface area contributed by atoms with E-state index in [1.54, 1.807) is 13.0 Å². The Labute approximate surface area is 173 Å². The molecule has 11 heteroatoms. The average molecular weight is 463 g/mol. The average Bonchev–Trinajstić information content (AvgIpc) is 2.66. The Kier molecular flexibility index (Phi) is 6.17. The first kappa shape index (κ1) is 22.6. The van der Waals surface area contributed by atoms with Crippen LogP contribution in [0.25, 0.3) is 0 Å². The largest absolute Gasteiger partial charge is 0.416 e. The van der Waals surface area contributed by atoms with E-state index in [2.05, 4.69) is 4.72 Å². The molecule has 0 amide bonds. The first-order valence-electron chi connectivity index (χ1n) is 9.22. The van der Waals surface area contributed by atoms with Crippen molar-refractivity contribution in [3.63, 3.8) is 0 Å². The fourth-order valence-corrected chi connectivity index (χ4v) is 5.85. The Bertz CT molecular complexity index is 1150. The number of alkyl halides is 3. The summed E-state index contributed by atoms with van der Waals surface area (Å²) in [6.45, 7) is 2.25. The van der Waals surface area contributed by atoms with Gasteiger partial charge in [-0.3, -0.25) is 4.72 Å². The number of halogens is 3. The van der Waals surface area contributed by atoms with Crippen LogP contribution in [0.2, 0.25) is 0 Å². The van der Waals surface area contributed by atoms with E-state index in [1.165, 1.54) is 16.4 Å². The number of nitrogens with one attached hydrogen (secondary N) is 1. The van der Waals surface area contributed by atoms with Crippen LogP contribution in [-0.4, -0.2) is 33.4 Å². The van der Waals surface area contributed by atoms with Crippen LogP contribution in [0.1, 0.15) is 30.0 Å². The highest BCUT2D eigenvalue weighted by Gasteiger charge is 2.32. The molecule has 2 aromatic rings. The van der Waals surface area contributed by atoms with Crippen LogP contribution in [0.4, 0.5) is 18.9 Å². The third-order valence-corrected chi connectivity index (χ3v) is 8.16. The fourth-order valence-electron chi connectivity index (χ4n) is 3.27. The van der Waals surface area contributed by atoms with E-state index in [1.807, 2.05) is 0 Å². The van der Waals surface area contributed by atoms with Crippen molar-refractivity contribution in [2.24, 2.45) is 0 Å². The number of nitrogens with zero attached hydrogens (tertiary/aromatic N) is 1. The Morgan fingerprint density at radius 3 is 2.43 bits per heavy atom. The molecule has 164 valence electrons. The number of benzene rings is 2. The van der Waals surface area contributed by atoms with Gasteiger partial charge in [0.05, 0.1) is 16.2 Å². The maximum atomic E-state index is 12.9. The fraction of sp³-hybridized carbons (Fsp3) is 0.368. The number of rotatable bonds is 6. The first-order chi connectivity index (χ1) is 13.9. The molecule has 0 radical (unpaired) electrons. The Morgan fingerprint density at radius 1 is 1.03 bits per heavy atom. The molecule has 1 aliphatic heterocycles. The highest BCUT2D eigenvalue weighted by Crippen LogP contribution is 2.31. The zero-order valence-corrected chi connectivity index (χ0v) is 17.7. The summed E-state index contributed by atoms with van der Waals surface area (Å²) >= 11 is 0. The molecule has 30 heavy (non-hydrogen) atoms. The van der Waals surface area contributed by atoms with E-state index in [4.69, 9.17) is 0 Å². The second-order valence-corrected chi connectivity index (χ2v) is 10.8. The topological polar surface area (TPSA) is 83.6 Å². The normalized spacial score (nSPS) is 15.6. The van der Waals surface area contributed by atoms with Crippen LogP contribution in [0, 0.1) is 0 Å². The van der Waals surface area contributed by atoms with E-state index in [-0.39, 0.29) is 18.0 Å². The smallest absolute Gasteiger partial charge is 0.280 e. The van der Waals surface area contributed by atoms with Crippen molar-refractivity contribution in [3.05, 3.63) is 59.2 Å². The lowest BCUT2D eigenvalue weighted by molar-refractivity contribution is -0.137. The second kappa shape index (κ2) is 8.20. The highest BCUT2D eigenvalue weighted by atomic mass is 32.2. The van der Waals surface area contributed by atoms with Crippen LogP contribution in [0.3, 0.4) is 0 Å². The number of hydrogen-bond acceptors (Lipinski definition) is 4. The predicted octanol–water partition coefficient (Wildman–Crippen LogP) is 3.60. The van der Waals surface area contributed by atoms with Gasteiger partial charge in [-0.25, -0.2) is 16.8 Å². The molecule has 0 saturated carbocycles. The number of hydrogen-bond donors (Lipinski definition) is 1. The quantitative estimate of drug-likeness (QED) is 0.711. The second-order valence-electron chi connectivity index (χ2n) is 7.01. The summed E-state index contributed by atoms with van der Waals surface area (Å²) in [6.07, 6.45) is -3.67. The van der Waals surface area contributed by atoms with Gasteiger partial charge >= 0.3 is 6.18 Å². The SMILES string of the molecule is CCCS(=O)(=O)N1CCc2ccc(NS(=O)(=O)c3cccc(C(F)(F)F)c3)cc2C1. The number of anilines is 1. The third-order valence-electron chi connectivity index (χ3n) is 4.76. The standard InChI is InChI=1S/C19H21F3N2O4S2/c1-2-10-29(25,26)24-9-8-14-6-7-17(11-15(14)13-24)23-30(27,28)18-5-3-4-16(12-18)19(20,21)22/h3-7,11-12,23H,2,8-10,13H2,1H3. The molecular weight excluding hydrogens is 441 g/mol. The molecule has 2 aromatic carbocycles. The molecule has 1 aliphatic rings. The van der Waals surface area contributed by atoms with Gasteiger partial charge in [0.15, 0.2) is 0 Å². The highest BCUT2D eigenvalue weighted by molar-refractivity contribution is 7.92. The molecular formula is C19H21F3N2O4S2. The molecule has 0 fully saturated rings. The summed E-state index contributed by atoms with van der Waals surface area (Å²) in [4.78, 5) is -0.512. The van der Waals surface area contributed by atoms with Crippen LogP contribution in [-0.2, 0) is 39.2 Å². The predicted molar refractivity (Wildman–Crippen MR) is 107 cm³/mol. The van der Waals surface area contributed by atoms with Gasteiger partial charge in [-0.1, -0.05) is 19.1 Å². The summed E-state index contributed by atoms with van der Waals surface area (Å²) < 4.78 is 92.1. The van der Waals surface area contributed by atoms with E-state index in [0.717, 1.165) is 23.8 Å². The van der Waals surface area contributed by atoms with Crippen LogP contribution >= 0.6 is 0 Å². The van der Waals surface area contributed by atoms with Gasteiger partial charge in [-0.2, -0.15) is 17.5 Å². The summed E-state index contributed by atoms with van der Waals surface area (Å²) in [5, 5.41) is 0. The van der Waals surface area contributed by atoms with Crippen molar-refractivity contribution in [1.82, 2.24) is 4.31 Å². The van der Waals surface area contributed by atoms with Crippen molar-refractivity contribution in [2.75, 3.05) is 17.0 Å². The van der Waals surface area contributed by atoms with Crippen molar-refractivity contribution in [3.8, 4) is 0 Å². The molecule has 0 spiro atoms. The zero-order valence-electron chi connectivity index (χ0n) is 16.1. The van der Waals surface area contributed by atoms with E-state index >= 15 is 0 Å². The monoisotopic (exact) mass is 462 g/mol. The first-order valence-corrected chi connectivity index (χ1v) is 12.3. The van der Waals surface area contributed by atoms with Gasteiger partial charge < -0.3 is 0 Å². The lowest BCUT2D eigenvalue weighted by Gasteiger charge is -2.28. The van der Waals surface area contributed by atoms with Gasteiger partial charge in [0, 0.05) is 18.8 Å². The Balaban J connectivity index is 1.85. The zero-order chi connectivity index (χ0) is 22.2. The van der Waals surface area contributed by atoms with Crippen molar-refractivity contribution in [2.45, 2.75) is 37.4 Å². The maximum Gasteiger partial charge on any atom is 0.416 e. The lowest BCUT2D eigenvalue weighted by Crippen LogP contribution is -2.37. The minimum Gasteiger partial charge on any atom is -0.280 e. The van der Waals surface area contributed by atoms with E-state index in [0.29, 0.717) is 31.0 Å². The van der Waals surface area contributed by atoms with E-state index < -0.39 is 36.7 Å². The molecule has 0 saturated heterocycles. The van der Waals surface area contributed by atoms with Gasteiger partial charge in [0.2, 0.25) is 10.0 Å². The van der Waals surface area contributed by atoms with Crippen molar-refractivity contribution >= 4 is 25.7 Å². The third kappa shape index (κ3) is 4.96. The molecule has 1 N–H and O–H groups in total. The van der Waals surface area contributed by atoms with Gasteiger partial charge in [0.25, 0.3) is 10.0 Å². The van der Waals surface area contributed by atoms with Crippen LogP contribution in [0.15, 0.2) is 47.4 Å². The summed E-state index contributed by atoms with van der Waals surface area (Å²) in [5.41, 5.74) is 0.652. The summed E-state index contributed by atoms with van der Waals surface area (Å²) in [6, 6.07) is 8.20. The van der Waals surface area contributed by atoms with Crippen molar-refractivity contribution in [1.29, 1.82) is 0 Å². The lowest BCUT2D eigenvalue weighted by atomic mass is 10.0. The molecule has 0 unspecified atom stereocenters. The molecule has 0 atom stereocenters. The molecule has 0 bridgehead atoms. The maximum absolute atomic E-state index is 12.9. The molecule has 0 aromatic heterocycles. The van der Waals surface area contributed by atoms with Gasteiger partial charge in [0.1, 0.15) is 0 Å². The molecule has 1 heterocycles. The van der Waals surface area contributed by atoms with Crippen LogP contribution < -0.4 is 4.72 Å². The van der Waals surface area contributed by atoms with Gasteiger partial charge in [-0.05, 0) is 54.3 Å². The molecule has 0 aliphatic carbocycles. The molecule has 3 rings (SSSR count). The van der Waals surface area contributed by atoms with Gasteiger partial charge in [-0.15, -0.1) is 0 Å². The number of fused-ring (bicyclic) bond motifs is 1. The minimum atomic E-state index is -4.66. The number of sulfonamides is 2. The Hall–Kier alpha value is -2.11. The Morgan fingerprint density at radius 2 is 1.77 bits per heavy atom. The van der Waals surface area contributed by atoms with E-state index in [9.17, 15) is 30.0 Å². The summed E-state index contributed by atoms with van der Waals surface area (Å²) in [7, 11) is -7.65. The van der Waals surface area contributed by atoms with Crippen molar-refractivity contribution < 1.29 is 30.0 Å².